The maximum absolute atomic E-state index is 10.8. The van der Waals surface area contributed by atoms with E-state index >= 15 is 0 Å². The summed E-state index contributed by atoms with van der Waals surface area (Å²) >= 11 is 1.56. The van der Waals surface area contributed by atoms with E-state index in [0.717, 1.165) is 18.6 Å². The quantitative estimate of drug-likeness (QED) is 0.225. The first-order valence-electron chi connectivity index (χ1n) is 7.53. The predicted molar refractivity (Wildman–Crippen MR) is 92.2 cm³/mol. The zero-order chi connectivity index (χ0) is 17.8. The lowest BCUT2D eigenvalue weighted by Crippen LogP contribution is -1.93. The second-order valence-electron chi connectivity index (χ2n) is 5.12. The lowest BCUT2D eigenvalue weighted by Gasteiger charge is -1.98. The van der Waals surface area contributed by atoms with E-state index in [1.54, 1.807) is 16.3 Å². The summed E-state index contributed by atoms with van der Waals surface area (Å²) in [7, 11) is 0. The van der Waals surface area contributed by atoms with Crippen molar-refractivity contribution in [3.05, 3.63) is 40.2 Å². The van der Waals surface area contributed by atoms with Crippen molar-refractivity contribution in [2.24, 2.45) is 5.10 Å². The van der Waals surface area contributed by atoms with Crippen LogP contribution in [0.4, 0.5) is 5.69 Å². The third kappa shape index (κ3) is 3.60. The molecular weight excluding hydrogens is 346 g/mol. The maximum Gasteiger partial charge on any atom is 0.275 e. The van der Waals surface area contributed by atoms with Crippen LogP contribution in [-0.4, -0.2) is 46.5 Å². The predicted octanol–water partition coefficient (Wildman–Crippen LogP) is 2.31. The number of benzene rings is 1. The number of fused-ring (bicyclic) bond motifs is 1. The fourth-order valence-electron chi connectivity index (χ4n) is 2.02. The Hall–Kier alpha value is -2.95. The summed E-state index contributed by atoms with van der Waals surface area (Å²) in [6, 6.07) is 3.71. The van der Waals surface area contributed by atoms with Crippen LogP contribution in [0.2, 0.25) is 0 Å². The number of phenolic OH excluding ortho intramolecular Hbond substituents is 1. The van der Waals surface area contributed by atoms with Crippen LogP contribution in [0.15, 0.2) is 34.8 Å². The van der Waals surface area contributed by atoms with Crippen LogP contribution in [0.25, 0.3) is 5.78 Å². The highest BCUT2D eigenvalue weighted by Gasteiger charge is 2.12. The van der Waals surface area contributed by atoms with Crippen molar-refractivity contribution in [2.45, 2.75) is 24.9 Å². The van der Waals surface area contributed by atoms with Crippen molar-refractivity contribution in [3.63, 3.8) is 0 Å². The maximum atomic E-state index is 10.8. The second kappa shape index (κ2) is 7.30. The Labute approximate surface area is 146 Å². The molecule has 0 amide bonds. The Kier molecular flexibility index (Phi) is 4.93. The topological polar surface area (TPSA) is 124 Å². The number of nitro benzene ring substituents is 1. The first kappa shape index (κ1) is 16.9. The number of rotatable bonds is 7. The first-order chi connectivity index (χ1) is 12.1. The van der Waals surface area contributed by atoms with E-state index in [-0.39, 0.29) is 17.0 Å². The molecule has 0 aliphatic carbocycles. The summed E-state index contributed by atoms with van der Waals surface area (Å²) < 4.78 is 2.96. The van der Waals surface area contributed by atoms with E-state index in [1.165, 1.54) is 35.4 Å². The van der Waals surface area contributed by atoms with Crippen LogP contribution in [0, 0.1) is 10.1 Å². The lowest BCUT2D eigenvalue weighted by molar-refractivity contribution is -0.384. The number of thioether (sulfide) groups is 1. The van der Waals surface area contributed by atoms with Crippen LogP contribution in [0.1, 0.15) is 25.3 Å². The summed E-state index contributed by atoms with van der Waals surface area (Å²) in [5.41, 5.74) is 0.0882. The number of nitro groups is 1. The highest BCUT2D eigenvalue weighted by molar-refractivity contribution is 7.99. The van der Waals surface area contributed by atoms with Gasteiger partial charge in [0.2, 0.25) is 5.16 Å². The largest absolute Gasteiger partial charge is 0.507 e. The molecule has 0 saturated carbocycles. The average Bonchev–Trinajstić information content (AvgIpc) is 3.17. The van der Waals surface area contributed by atoms with E-state index in [0.29, 0.717) is 10.9 Å². The smallest absolute Gasteiger partial charge is 0.275 e. The molecule has 0 atom stereocenters. The number of nitrogens with zero attached hydrogens (tertiary/aromatic N) is 7. The molecule has 1 aromatic carbocycles. The molecule has 0 saturated heterocycles. The molecule has 0 aliphatic rings. The molecule has 0 unspecified atom stereocenters. The van der Waals surface area contributed by atoms with Crippen LogP contribution in [0.5, 0.6) is 5.75 Å². The minimum Gasteiger partial charge on any atom is -0.507 e. The molecule has 3 aromatic rings. The number of hydrogen-bond acceptors (Lipinski definition) is 8. The van der Waals surface area contributed by atoms with Gasteiger partial charge in [-0.1, -0.05) is 25.1 Å². The van der Waals surface area contributed by atoms with Gasteiger partial charge < -0.3 is 5.11 Å². The van der Waals surface area contributed by atoms with Gasteiger partial charge in [-0.2, -0.15) is 19.4 Å². The number of aromatic nitrogens is 5. The van der Waals surface area contributed by atoms with E-state index in [4.69, 9.17) is 0 Å². The van der Waals surface area contributed by atoms with Crippen molar-refractivity contribution < 1.29 is 10.0 Å². The Morgan fingerprint density at radius 3 is 3.04 bits per heavy atom. The van der Waals surface area contributed by atoms with Gasteiger partial charge in [-0.3, -0.25) is 10.1 Å². The van der Waals surface area contributed by atoms with Crippen LogP contribution < -0.4 is 0 Å². The summed E-state index contributed by atoms with van der Waals surface area (Å²) in [5, 5.41) is 37.8. The molecule has 0 spiro atoms. The number of hydrogen-bond donors (Lipinski definition) is 1. The van der Waals surface area contributed by atoms with Gasteiger partial charge in [0.1, 0.15) is 12.1 Å². The summed E-state index contributed by atoms with van der Waals surface area (Å²) in [6.45, 7) is 2.12. The Morgan fingerprint density at radius 1 is 1.44 bits per heavy atom. The monoisotopic (exact) mass is 361 g/mol. The highest BCUT2D eigenvalue weighted by atomic mass is 32.2. The Morgan fingerprint density at radius 2 is 2.28 bits per heavy atom. The zero-order valence-electron chi connectivity index (χ0n) is 13.3. The minimum atomic E-state index is -0.537. The highest BCUT2D eigenvalue weighted by Crippen LogP contribution is 2.21. The SMILES string of the molecule is CCCCSc1nnc2n(/N=C\c3cc([N+](=O)[O-])ccc3O)cnn12. The molecular formula is C14H15N7O3S. The molecule has 25 heavy (non-hydrogen) atoms. The van der Waals surface area contributed by atoms with Gasteiger partial charge in [0, 0.05) is 23.4 Å². The number of aromatic hydroxyl groups is 1. The van der Waals surface area contributed by atoms with Crippen molar-refractivity contribution >= 4 is 29.4 Å². The molecule has 10 nitrogen and oxygen atoms in total. The number of non-ortho nitro benzene ring substituents is 1. The normalized spacial score (nSPS) is 11.6. The molecule has 130 valence electrons. The molecule has 0 bridgehead atoms. The van der Waals surface area contributed by atoms with Gasteiger partial charge in [0.05, 0.1) is 11.1 Å². The minimum absolute atomic E-state index is 0.109. The Bertz CT molecular complexity index is 934. The molecule has 11 heteroatoms. The third-order valence-corrected chi connectivity index (χ3v) is 4.35. The fourth-order valence-corrected chi connectivity index (χ4v) is 2.98. The van der Waals surface area contributed by atoms with E-state index < -0.39 is 4.92 Å². The van der Waals surface area contributed by atoms with Gasteiger partial charge >= 0.3 is 0 Å². The van der Waals surface area contributed by atoms with E-state index in [1.807, 2.05) is 0 Å². The summed E-state index contributed by atoms with van der Waals surface area (Å²) in [4.78, 5) is 10.3. The second-order valence-corrected chi connectivity index (χ2v) is 6.18. The first-order valence-corrected chi connectivity index (χ1v) is 8.52. The van der Waals surface area contributed by atoms with Gasteiger partial charge in [-0.15, -0.1) is 10.2 Å². The van der Waals surface area contributed by atoms with Gasteiger partial charge in [0.25, 0.3) is 11.5 Å². The van der Waals surface area contributed by atoms with Crippen LogP contribution in [-0.2, 0) is 0 Å². The molecule has 0 radical (unpaired) electrons. The van der Waals surface area contributed by atoms with Crippen LogP contribution in [0.3, 0.4) is 0 Å². The molecule has 0 aliphatic heterocycles. The van der Waals surface area contributed by atoms with Crippen molar-refractivity contribution in [1.29, 1.82) is 0 Å². The van der Waals surface area contributed by atoms with E-state index in [2.05, 4.69) is 27.3 Å². The molecule has 0 fully saturated rings. The van der Waals surface area contributed by atoms with Crippen molar-refractivity contribution in [2.75, 3.05) is 5.75 Å². The Balaban J connectivity index is 1.85. The summed E-state index contributed by atoms with van der Waals surface area (Å²) in [6.07, 6.45) is 4.94. The average molecular weight is 361 g/mol. The molecule has 1 N–H and O–H groups in total. The van der Waals surface area contributed by atoms with E-state index in [9.17, 15) is 15.2 Å². The standard InChI is InChI=1S/C14H15N7O3S/c1-2-3-6-25-14-18-17-13-19(9-16-20(13)14)15-8-10-7-11(21(23)24)4-5-12(10)22/h4-5,7-9,22H,2-3,6H2,1H3/b15-8-. The molecule has 2 heterocycles. The van der Waals surface area contributed by atoms with Crippen molar-refractivity contribution in [3.8, 4) is 5.75 Å². The van der Waals surface area contributed by atoms with Crippen molar-refractivity contribution in [1.82, 2.24) is 24.5 Å². The number of phenols is 1. The molecule has 3 rings (SSSR count). The van der Waals surface area contributed by atoms with Gasteiger partial charge in [0.15, 0.2) is 0 Å². The zero-order valence-corrected chi connectivity index (χ0v) is 14.1. The third-order valence-electron chi connectivity index (χ3n) is 3.35. The molecule has 2 aromatic heterocycles. The van der Waals surface area contributed by atoms with Gasteiger partial charge in [-0.05, 0) is 12.5 Å². The van der Waals surface area contributed by atoms with Gasteiger partial charge in [-0.25, -0.2) is 0 Å². The fraction of sp³-hybridized carbons (Fsp3) is 0.286. The summed E-state index contributed by atoms with van der Waals surface area (Å²) in [5.74, 6) is 1.23. The van der Waals surface area contributed by atoms with Crippen LogP contribution >= 0.6 is 11.8 Å². The lowest BCUT2D eigenvalue weighted by atomic mass is 10.2. The number of unbranched alkanes of at least 4 members (excludes halogenated alkanes) is 1.